The molecule has 4 N–H and O–H groups in total. The average Bonchev–Trinajstić information content (AvgIpc) is 3.15. The number of rotatable bonds is 4. The number of carbonyl (C=O) groups excluding carboxylic acids is 2. The normalized spacial score (nSPS) is 22.4. The fourth-order valence-electron chi connectivity index (χ4n) is 4.30. The highest BCUT2D eigenvalue weighted by Gasteiger charge is 2.41. The van der Waals surface area contributed by atoms with Crippen molar-refractivity contribution in [3.8, 4) is 5.75 Å². The molecule has 1 saturated carbocycles. The molecule has 2 aliphatic rings. The van der Waals surface area contributed by atoms with Crippen molar-refractivity contribution >= 4 is 11.8 Å². The fraction of sp³-hybridized carbons (Fsp3) is 0.381. The van der Waals surface area contributed by atoms with Crippen LogP contribution in [0, 0.1) is 17.5 Å². The zero-order chi connectivity index (χ0) is 24.0. The highest BCUT2D eigenvalue weighted by Crippen LogP contribution is 2.31. The van der Waals surface area contributed by atoms with Crippen LogP contribution in [0.5, 0.6) is 5.75 Å². The molecule has 176 valence electrons. The molecule has 1 aromatic carbocycles. The van der Waals surface area contributed by atoms with Gasteiger partial charge in [0.2, 0.25) is 5.43 Å². The first-order chi connectivity index (χ1) is 15.6. The number of hydrogen-bond acceptors (Lipinski definition) is 6. The second-order valence-corrected chi connectivity index (χ2v) is 8.07. The van der Waals surface area contributed by atoms with E-state index >= 15 is 0 Å². The summed E-state index contributed by atoms with van der Waals surface area (Å²) in [5.41, 5.74) is -2.86. The summed E-state index contributed by atoms with van der Waals surface area (Å²) in [6, 6.07) is 0.396. The molecule has 0 bridgehead atoms. The van der Waals surface area contributed by atoms with Crippen LogP contribution in [0.15, 0.2) is 23.1 Å². The van der Waals surface area contributed by atoms with Gasteiger partial charge in [0.1, 0.15) is 29.2 Å². The average molecular weight is 467 g/mol. The molecule has 2 heterocycles. The van der Waals surface area contributed by atoms with Crippen LogP contribution in [-0.4, -0.2) is 55.0 Å². The summed E-state index contributed by atoms with van der Waals surface area (Å²) in [4.78, 5) is 39.1. The van der Waals surface area contributed by atoms with Gasteiger partial charge in [0.05, 0.1) is 12.6 Å². The Balaban J connectivity index is 1.61. The van der Waals surface area contributed by atoms with Crippen molar-refractivity contribution in [1.82, 2.24) is 14.8 Å². The molecule has 2 amide bonds. The zero-order valence-corrected chi connectivity index (χ0v) is 17.1. The van der Waals surface area contributed by atoms with Crippen molar-refractivity contribution < 1.29 is 38.1 Å². The number of amides is 2. The molecule has 4 rings (SSSR count). The Labute approximate surface area is 184 Å². The second kappa shape index (κ2) is 8.52. The molecular formula is C21H20F3N3O6. The van der Waals surface area contributed by atoms with Crippen LogP contribution in [-0.2, 0) is 13.1 Å². The summed E-state index contributed by atoms with van der Waals surface area (Å²) in [6.07, 6.45) is 0.118. The Bertz CT molecular complexity index is 1180. The number of nitrogens with zero attached hydrogens (tertiary/aromatic N) is 2. The molecule has 1 aliphatic carbocycles. The molecule has 1 aliphatic heterocycles. The maximum absolute atomic E-state index is 13.8. The quantitative estimate of drug-likeness (QED) is 0.521. The minimum absolute atomic E-state index is 0.241. The van der Waals surface area contributed by atoms with Crippen molar-refractivity contribution in [2.24, 2.45) is 0 Å². The van der Waals surface area contributed by atoms with E-state index < -0.39 is 82.2 Å². The lowest BCUT2D eigenvalue weighted by atomic mass is 10.1. The van der Waals surface area contributed by atoms with E-state index in [1.807, 2.05) is 0 Å². The van der Waals surface area contributed by atoms with E-state index in [-0.39, 0.29) is 13.0 Å². The van der Waals surface area contributed by atoms with Gasteiger partial charge in [-0.2, -0.15) is 0 Å². The van der Waals surface area contributed by atoms with Crippen molar-refractivity contribution in [2.75, 3.05) is 0 Å². The van der Waals surface area contributed by atoms with E-state index in [1.54, 1.807) is 0 Å². The molecule has 1 fully saturated rings. The van der Waals surface area contributed by atoms with Crippen molar-refractivity contribution in [2.45, 2.75) is 50.7 Å². The smallest absolute Gasteiger partial charge is 0.276 e. The highest BCUT2D eigenvalue weighted by molar-refractivity contribution is 5.99. The van der Waals surface area contributed by atoms with Gasteiger partial charge in [-0.15, -0.1) is 0 Å². The zero-order valence-electron chi connectivity index (χ0n) is 17.1. The molecule has 33 heavy (non-hydrogen) atoms. The molecule has 1 aromatic heterocycles. The number of halogens is 3. The van der Waals surface area contributed by atoms with E-state index in [1.165, 1.54) is 0 Å². The Morgan fingerprint density at radius 2 is 1.79 bits per heavy atom. The fourth-order valence-corrected chi connectivity index (χ4v) is 4.30. The molecule has 9 nitrogen and oxygen atoms in total. The van der Waals surface area contributed by atoms with Gasteiger partial charge in [-0.25, -0.2) is 13.2 Å². The molecule has 2 aromatic rings. The number of aliphatic hydroxyl groups excluding tert-OH is 2. The summed E-state index contributed by atoms with van der Waals surface area (Å²) < 4.78 is 41.7. The monoisotopic (exact) mass is 467 g/mol. The van der Waals surface area contributed by atoms with Gasteiger partial charge in [-0.05, 0) is 19.3 Å². The Morgan fingerprint density at radius 1 is 1.12 bits per heavy atom. The molecule has 0 spiro atoms. The van der Waals surface area contributed by atoms with Gasteiger partial charge in [-0.3, -0.25) is 14.4 Å². The lowest BCUT2D eigenvalue weighted by Crippen LogP contribution is -2.53. The molecule has 0 saturated heterocycles. The van der Waals surface area contributed by atoms with Crippen LogP contribution in [0.2, 0.25) is 0 Å². The van der Waals surface area contributed by atoms with E-state index in [0.29, 0.717) is 25.0 Å². The topological polar surface area (TPSA) is 132 Å². The summed E-state index contributed by atoms with van der Waals surface area (Å²) >= 11 is 0. The van der Waals surface area contributed by atoms with Gasteiger partial charge in [0.15, 0.2) is 11.4 Å². The maximum Gasteiger partial charge on any atom is 0.276 e. The summed E-state index contributed by atoms with van der Waals surface area (Å²) in [5, 5.41) is 32.7. The maximum atomic E-state index is 13.8. The summed E-state index contributed by atoms with van der Waals surface area (Å²) in [7, 11) is 0. The Kier molecular flexibility index (Phi) is 5.89. The number of carbonyl (C=O) groups is 2. The number of aromatic nitrogens is 1. The van der Waals surface area contributed by atoms with Gasteiger partial charge in [0.25, 0.3) is 11.8 Å². The van der Waals surface area contributed by atoms with Crippen LogP contribution in [0.4, 0.5) is 13.2 Å². The van der Waals surface area contributed by atoms with Gasteiger partial charge >= 0.3 is 0 Å². The summed E-state index contributed by atoms with van der Waals surface area (Å²) in [6.45, 7) is -0.971. The molecule has 0 radical (unpaired) electrons. The van der Waals surface area contributed by atoms with Gasteiger partial charge in [-0.1, -0.05) is 0 Å². The SMILES string of the molecule is O=C(NCc1c(F)cc(F)cc1F)c1cn2c(c(O)c1=O)C(=O)N([C@H]1CC[C@@H](O)C1)[C@H](O)C2. The van der Waals surface area contributed by atoms with Gasteiger partial charge < -0.3 is 30.1 Å². The van der Waals surface area contributed by atoms with Crippen molar-refractivity contribution in [3.63, 3.8) is 0 Å². The number of pyridine rings is 1. The number of nitrogens with one attached hydrogen (secondary N) is 1. The molecule has 3 atom stereocenters. The van der Waals surface area contributed by atoms with E-state index in [4.69, 9.17) is 0 Å². The highest BCUT2D eigenvalue weighted by atomic mass is 19.1. The number of aliphatic hydroxyl groups is 2. The molecular weight excluding hydrogens is 447 g/mol. The minimum atomic E-state index is -1.33. The van der Waals surface area contributed by atoms with Crippen LogP contribution >= 0.6 is 0 Å². The minimum Gasteiger partial charge on any atom is -0.503 e. The molecule has 0 unspecified atom stereocenters. The van der Waals surface area contributed by atoms with E-state index in [9.17, 15) is 42.9 Å². The lowest BCUT2D eigenvalue weighted by Gasteiger charge is -2.38. The Morgan fingerprint density at radius 3 is 2.39 bits per heavy atom. The van der Waals surface area contributed by atoms with Crippen LogP contribution in [0.1, 0.15) is 45.7 Å². The van der Waals surface area contributed by atoms with Crippen molar-refractivity contribution in [3.05, 3.63) is 62.8 Å². The third-order valence-electron chi connectivity index (χ3n) is 5.92. The van der Waals surface area contributed by atoms with E-state index in [0.717, 1.165) is 15.7 Å². The van der Waals surface area contributed by atoms with Crippen LogP contribution < -0.4 is 10.7 Å². The second-order valence-electron chi connectivity index (χ2n) is 8.07. The first kappa shape index (κ1) is 22.8. The third kappa shape index (κ3) is 4.07. The predicted octanol–water partition coefficient (Wildman–Crippen LogP) is 0.589. The first-order valence-electron chi connectivity index (χ1n) is 10.1. The summed E-state index contributed by atoms with van der Waals surface area (Å²) in [5.74, 6) is -6.54. The van der Waals surface area contributed by atoms with Gasteiger partial charge in [0, 0.05) is 36.5 Å². The number of aromatic hydroxyl groups is 1. The largest absolute Gasteiger partial charge is 0.503 e. The Hall–Kier alpha value is -3.38. The number of hydrogen-bond donors (Lipinski definition) is 4. The van der Waals surface area contributed by atoms with Crippen LogP contribution in [0.25, 0.3) is 0 Å². The number of fused-ring (bicyclic) bond motifs is 1. The number of benzene rings is 1. The van der Waals surface area contributed by atoms with Crippen molar-refractivity contribution in [1.29, 1.82) is 0 Å². The first-order valence-corrected chi connectivity index (χ1v) is 10.1. The van der Waals surface area contributed by atoms with Crippen LogP contribution in [0.3, 0.4) is 0 Å². The standard InChI is InChI=1S/C21H20F3N3O6/c22-9-3-14(23)12(15(24)4-9)6-25-20(32)13-7-26-8-16(29)27(10-1-2-11(28)5-10)21(33)17(26)19(31)18(13)30/h3-4,7,10-11,16,28-29,31H,1-2,5-6,8H2,(H,25,32)/t10-,11+,16+/m0/s1. The van der Waals surface area contributed by atoms with E-state index in [2.05, 4.69) is 5.32 Å². The lowest BCUT2D eigenvalue weighted by molar-refractivity contribution is -0.0323. The molecule has 12 heteroatoms. The predicted molar refractivity (Wildman–Crippen MR) is 106 cm³/mol. The third-order valence-corrected chi connectivity index (χ3v) is 5.92.